The summed E-state index contributed by atoms with van der Waals surface area (Å²) in [7, 11) is 1.34. The van der Waals surface area contributed by atoms with Crippen LogP contribution in [-0.4, -0.2) is 29.9 Å². The van der Waals surface area contributed by atoms with E-state index in [1.165, 1.54) is 25.3 Å². The zero-order valence-electron chi connectivity index (χ0n) is 10.5. The van der Waals surface area contributed by atoms with Crippen molar-refractivity contribution in [3.8, 4) is 11.5 Å². The maximum Gasteiger partial charge on any atom is 0.340 e. The average molecular weight is 254 g/mol. The van der Waals surface area contributed by atoms with Crippen LogP contribution >= 0.6 is 0 Å². The molecule has 0 bridgehead atoms. The standard InChI is InChI=1S/C13H18O5/c1-3-4-7-18-13(16)12(17-2)10-8-9(14)5-6-11(10)15/h5-6,8,12,14-15H,3-4,7H2,1-2H3. The van der Waals surface area contributed by atoms with Gasteiger partial charge in [0.25, 0.3) is 0 Å². The number of rotatable bonds is 6. The Labute approximate surface area is 106 Å². The lowest BCUT2D eigenvalue weighted by Crippen LogP contribution is -2.18. The van der Waals surface area contributed by atoms with Gasteiger partial charge in [-0.3, -0.25) is 0 Å². The molecule has 2 N–H and O–H groups in total. The molecular weight excluding hydrogens is 236 g/mol. The third-order valence-corrected chi connectivity index (χ3v) is 2.49. The molecule has 0 spiro atoms. The van der Waals surface area contributed by atoms with E-state index in [4.69, 9.17) is 9.47 Å². The van der Waals surface area contributed by atoms with E-state index in [9.17, 15) is 15.0 Å². The van der Waals surface area contributed by atoms with E-state index in [2.05, 4.69) is 0 Å². The Morgan fingerprint density at radius 1 is 1.39 bits per heavy atom. The van der Waals surface area contributed by atoms with Gasteiger partial charge >= 0.3 is 5.97 Å². The molecule has 1 atom stereocenters. The Kier molecular flexibility index (Phi) is 5.45. The van der Waals surface area contributed by atoms with Gasteiger partial charge in [0.15, 0.2) is 6.10 Å². The largest absolute Gasteiger partial charge is 0.508 e. The summed E-state index contributed by atoms with van der Waals surface area (Å²) in [4.78, 5) is 11.8. The molecule has 0 aliphatic rings. The summed E-state index contributed by atoms with van der Waals surface area (Å²) in [6, 6.07) is 3.91. The van der Waals surface area contributed by atoms with Gasteiger partial charge in [0.1, 0.15) is 11.5 Å². The van der Waals surface area contributed by atoms with Gasteiger partial charge in [-0.05, 0) is 24.6 Å². The zero-order valence-corrected chi connectivity index (χ0v) is 10.5. The van der Waals surface area contributed by atoms with Crippen molar-refractivity contribution in [1.82, 2.24) is 0 Å². The third kappa shape index (κ3) is 3.63. The van der Waals surface area contributed by atoms with E-state index in [-0.39, 0.29) is 17.1 Å². The quantitative estimate of drug-likeness (QED) is 0.462. The van der Waals surface area contributed by atoms with Crippen LogP contribution in [0.15, 0.2) is 18.2 Å². The van der Waals surface area contributed by atoms with Crippen molar-refractivity contribution in [3.05, 3.63) is 23.8 Å². The lowest BCUT2D eigenvalue weighted by Gasteiger charge is -2.16. The predicted octanol–water partition coefficient (Wildman–Crippen LogP) is 2.13. The summed E-state index contributed by atoms with van der Waals surface area (Å²) < 4.78 is 10.0. The van der Waals surface area contributed by atoms with Crippen molar-refractivity contribution in [2.75, 3.05) is 13.7 Å². The third-order valence-electron chi connectivity index (χ3n) is 2.49. The van der Waals surface area contributed by atoms with Gasteiger partial charge in [-0.2, -0.15) is 0 Å². The molecule has 5 nitrogen and oxygen atoms in total. The number of phenolic OH excluding ortho intramolecular Hbond substituents is 2. The topological polar surface area (TPSA) is 76.0 Å². The molecule has 0 amide bonds. The van der Waals surface area contributed by atoms with Gasteiger partial charge in [0.2, 0.25) is 0 Å². The van der Waals surface area contributed by atoms with E-state index in [1.807, 2.05) is 6.92 Å². The highest BCUT2D eigenvalue weighted by Gasteiger charge is 2.25. The zero-order chi connectivity index (χ0) is 13.5. The Bertz CT molecular complexity index is 402. The summed E-state index contributed by atoms with van der Waals surface area (Å²) in [5.41, 5.74) is 0.194. The maximum atomic E-state index is 11.8. The molecule has 1 aromatic carbocycles. The second kappa shape index (κ2) is 6.86. The van der Waals surface area contributed by atoms with Crippen molar-refractivity contribution in [1.29, 1.82) is 0 Å². The van der Waals surface area contributed by atoms with Crippen LogP contribution in [0, 0.1) is 0 Å². The summed E-state index contributed by atoms with van der Waals surface area (Å²) in [6.45, 7) is 2.30. The number of hydrogen-bond donors (Lipinski definition) is 2. The molecule has 1 aromatic rings. The van der Waals surface area contributed by atoms with Crippen LogP contribution in [0.4, 0.5) is 0 Å². The van der Waals surface area contributed by atoms with Crippen LogP contribution in [0.3, 0.4) is 0 Å². The number of ether oxygens (including phenoxy) is 2. The second-order valence-corrected chi connectivity index (χ2v) is 3.88. The molecule has 100 valence electrons. The Morgan fingerprint density at radius 3 is 2.72 bits per heavy atom. The van der Waals surface area contributed by atoms with Gasteiger partial charge in [-0.15, -0.1) is 0 Å². The summed E-state index contributed by atoms with van der Waals surface area (Å²) in [6.07, 6.45) is 0.658. The van der Waals surface area contributed by atoms with Crippen molar-refractivity contribution in [3.63, 3.8) is 0 Å². The van der Waals surface area contributed by atoms with Crippen LogP contribution in [-0.2, 0) is 14.3 Å². The number of unbranched alkanes of at least 4 members (excludes halogenated alkanes) is 1. The summed E-state index contributed by atoms with van der Waals surface area (Å²) >= 11 is 0. The number of benzene rings is 1. The van der Waals surface area contributed by atoms with Gasteiger partial charge in [-0.1, -0.05) is 13.3 Å². The van der Waals surface area contributed by atoms with E-state index in [0.717, 1.165) is 12.8 Å². The molecule has 0 heterocycles. The summed E-state index contributed by atoms with van der Waals surface area (Å²) in [5, 5.41) is 19.0. The first-order chi connectivity index (χ1) is 8.60. The molecule has 18 heavy (non-hydrogen) atoms. The second-order valence-electron chi connectivity index (χ2n) is 3.88. The number of aromatic hydroxyl groups is 2. The molecule has 0 saturated heterocycles. The van der Waals surface area contributed by atoms with E-state index < -0.39 is 12.1 Å². The lowest BCUT2D eigenvalue weighted by atomic mass is 10.1. The SMILES string of the molecule is CCCCOC(=O)C(OC)c1cc(O)ccc1O. The first-order valence-corrected chi connectivity index (χ1v) is 5.81. The highest BCUT2D eigenvalue weighted by Crippen LogP contribution is 2.30. The molecule has 5 heteroatoms. The summed E-state index contributed by atoms with van der Waals surface area (Å²) in [5.74, 6) is -0.745. The smallest absolute Gasteiger partial charge is 0.340 e. The normalized spacial score (nSPS) is 12.1. The van der Waals surface area contributed by atoms with E-state index in [0.29, 0.717) is 6.61 Å². The van der Waals surface area contributed by atoms with Crippen molar-refractivity contribution in [2.24, 2.45) is 0 Å². The highest BCUT2D eigenvalue weighted by molar-refractivity contribution is 5.77. The molecule has 0 fully saturated rings. The number of hydrogen-bond acceptors (Lipinski definition) is 5. The number of esters is 1. The number of carbonyl (C=O) groups excluding carboxylic acids is 1. The fourth-order valence-corrected chi connectivity index (χ4v) is 1.49. The van der Waals surface area contributed by atoms with Crippen molar-refractivity contribution >= 4 is 5.97 Å². The minimum atomic E-state index is -1.03. The Morgan fingerprint density at radius 2 is 2.11 bits per heavy atom. The molecule has 1 rings (SSSR count). The van der Waals surface area contributed by atoms with Crippen LogP contribution in [0.5, 0.6) is 11.5 Å². The van der Waals surface area contributed by atoms with Gasteiger partial charge in [-0.25, -0.2) is 4.79 Å². The van der Waals surface area contributed by atoms with E-state index >= 15 is 0 Å². The molecule has 0 radical (unpaired) electrons. The Balaban J connectivity index is 2.81. The van der Waals surface area contributed by atoms with Gasteiger partial charge < -0.3 is 19.7 Å². The van der Waals surface area contributed by atoms with Crippen LogP contribution < -0.4 is 0 Å². The molecule has 1 unspecified atom stereocenters. The number of carbonyl (C=O) groups is 1. The number of phenols is 2. The molecule has 0 aromatic heterocycles. The van der Waals surface area contributed by atoms with Crippen molar-refractivity contribution in [2.45, 2.75) is 25.9 Å². The first kappa shape index (κ1) is 14.3. The van der Waals surface area contributed by atoms with Gasteiger partial charge in [0, 0.05) is 12.7 Å². The average Bonchev–Trinajstić information content (AvgIpc) is 2.35. The molecule has 0 saturated carbocycles. The monoisotopic (exact) mass is 254 g/mol. The minimum Gasteiger partial charge on any atom is -0.508 e. The minimum absolute atomic E-state index is 0.0498. The highest BCUT2D eigenvalue weighted by atomic mass is 16.6. The fourth-order valence-electron chi connectivity index (χ4n) is 1.49. The lowest BCUT2D eigenvalue weighted by molar-refractivity contribution is -0.156. The maximum absolute atomic E-state index is 11.8. The predicted molar refractivity (Wildman–Crippen MR) is 65.4 cm³/mol. The first-order valence-electron chi connectivity index (χ1n) is 5.81. The van der Waals surface area contributed by atoms with Crippen molar-refractivity contribution < 1.29 is 24.5 Å². The molecule has 0 aliphatic heterocycles. The Hall–Kier alpha value is -1.75. The van der Waals surface area contributed by atoms with Gasteiger partial charge in [0.05, 0.1) is 6.61 Å². The van der Waals surface area contributed by atoms with Crippen LogP contribution in [0.1, 0.15) is 31.4 Å². The fraction of sp³-hybridized carbons (Fsp3) is 0.462. The van der Waals surface area contributed by atoms with Crippen LogP contribution in [0.2, 0.25) is 0 Å². The molecular formula is C13H18O5. The number of methoxy groups -OCH3 is 1. The van der Waals surface area contributed by atoms with E-state index in [1.54, 1.807) is 0 Å². The van der Waals surface area contributed by atoms with Crippen LogP contribution in [0.25, 0.3) is 0 Å². The molecule has 0 aliphatic carbocycles.